The van der Waals surface area contributed by atoms with E-state index in [0.29, 0.717) is 23.6 Å². The molecule has 2 aromatic rings. The lowest BCUT2D eigenvalue weighted by atomic mass is 10.0. The Morgan fingerprint density at radius 2 is 1.96 bits per heavy atom. The van der Waals surface area contributed by atoms with Crippen molar-refractivity contribution in [1.82, 2.24) is 0 Å². The second kappa shape index (κ2) is 7.70. The van der Waals surface area contributed by atoms with Crippen LogP contribution in [-0.4, -0.2) is 24.1 Å². The first-order valence-corrected chi connectivity index (χ1v) is 8.34. The summed E-state index contributed by atoms with van der Waals surface area (Å²) >= 11 is 0. The molecular weight excluding hydrogens is 346 g/mol. The minimum absolute atomic E-state index is 0.0186. The number of ether oxygens (including phenoxy) is 1. The number of carbonyl (C=O) groups is 3. The maximum Gasteiger partial charge on any atom is 0.285 e. The van der Waals surface area contributed by atoms with Crippen molar-refractivity contribution in [1.29, 1.82) is 5.26 Å². The van der Waals surface area contributed by atoms with E-state index in [9.17, 15) is 14.4 Å². The van der Waals surface area contributed by atoms with Crippen molar-refractivity contribution in [3.8, 4) is 11.8 Å². The van der Waals surface area contributed by atoms with Crippen LogP contribution in [0.15, 0.2) is 48.5 Å². The Kier molecular flexibility index (Phi) is 5.18. The third kappa shape index (κ3) is 4.12. The third-order valence-corrected chi connectivity index (χ3v) is 4.35. The molecule has 0 radical (unpaired) electrons. The van der Waals surface area contributed by atoms with Crippen molar-refractivity contribution in [3.05, 3.63) is 59.7 Å². The van der Waals surface area contributed by atoms with Crippen molar-refractivity contribution in [2.45, 2.75) is 13.0 Å². The molecule has 0 bridgehead atoms. The second-order valence-electron chi connectivity index (χ2n) is 6.23. The number of Topliss-reactive ketones (excluding diaryl/α,β-unsaturated/α-hetero) is 1. The zero-order valence-electron chi connectivity index (χ0n) is 14.4. The molecule has 2 aromatic carbocycles. The van der Waals surface area contributed by atoms with Crippen LogP contribution in [0, 0.1) is 17.2 Å². The van der Waals surface area contributed by atoms with Gasteiger partial charge in [0.1, 0.15) is 12.4 Å². The average molecular weight is 363 g/mol. The third-order valence-electron chi connectivity index (χ3n) is 4.35. The molecule has 1 heterocycles. The molecule has 1 fully saturated rings. The molecule has 7 nitrogen and oxygen atoms in total. The Bertz CT molecular complexity index is 931. The van der Waals surface area contributed by atoms with Gasteiger partial charge in [0.15, 0.2) is 0 Å². The van der Waals surface area contributed by atoms with Crippen LogP contribution in [0.5, 0.6) is 5.75 Å². The van der Waals surface area contributed by atoms with E-state index in [-0.39, 0.29) is 18.9 Å². The van der Waals surface area contributed by atoms with Crippen LogP contribution in [0.25, 0.3) is 0 Å². The number of nitriles is 1. The molecule has 3 rings (SSSR count). The normalized spacial score (nSPS) is 16.0. The van der Waals surface area contributed by atoms with Crippen LogP contribution in [0.4, 0.5) is 5.69 Å². The number of amides is 2. The van der Waals surface area contributed by atoms with Crippen molar-refractivity contribution < 1.29 is 19.1 Å². The number of primary amides is 1. The second-order valence-corrected chi connectivity index (χ2v) is 6.23. The predicted octanol–water partition coefficient (Wildman–Crippen LogP) is 1.54. The van der Waals surface area contributed by atoms with E-state index < -0.39 is 17.6 Å². The number of ketones is 1. The summed E-state index contributed by atoms with van der Waals surface area (Å²) in [6.07, 6.45) is -0.0186. The SMILES string of the molecule is N#Cc1cccc(COc2ccc(N3CC(C(=O)C(N)=O)CC3=O)cc2)c1. The maximum atomic E-state index is 12.1. The molecule has 0 spiro atoms. The van der Waals surface area contributed by atoms with Gasteiger partial charge < -0.3 is 15.4 Å². The monoisotopic (exact) mass is 363 g/mol. The number of carbonyl (C=O) groups excluding carboxylic acids is 3. The fourth-order valence-electron chi connectivity index (χ4n) is 2.95. The number of nitrogens with two attached hydrogens (primary N) is 1. The van der Waals surface area contributed by atoms with Gasteiger partial charge in [-0.3, -0.25) is 14.4 Å². The van der Waals surface area contributed by atoms with Gasteiger partial charge in [-0.1, -0.05) is 12.1 Å². The van der Waals surface area contributed by atoms with Gasteiger partial charge in [0.2, 0.25) is 11.7 Å². The van der Waals surface area contributed by atoms with Crippen LogP contribution in [0.2, 0.25) is 0 Å². The van der Waals surface area contributed by atoms with Gasteiger partial charge >= 0.3 is 0 Å². The molecule has 1 aliphatic rings. The van der Waals surface area contributed by atoms with Gasteiger partial charge in [0.05, 0.1) is 17.6 Å². The summed E-state index contributed by atoms with van der Waals surface area (Å²) < 4.78 is 5.70. The van der Waals surface area contributed by atoms with Gasteiger partial charge in [-0.05, 0) is 42.0 Å². The van der Waals surface area contributed by atoms with Crippen molar-refractivity contribution in [2.24, 2.45) is 11.7 Å². The number of rotatable bonds is 6. The lowest BCUT2D eigenvalue weighted by Crippen LogP contribution is -2.32. The van der Waals surface area contributed by atoms with Crippen molar-refractivity contribution in [2.75, 3.05) is 11.4 Å². The van der Waals surface area contributed by atoms with E-state index in [4.69, 9.17) is 15.7 Å². The van der Waals surface area contributed by atoms with E-state index in [0.717, 1.165) is 5.56 Å². The highest BCUT2D eigenvalue weighted by Crippen LogP contribution is 2.27. The van der Waals surface area contributed by atoms with E-state index in [1.807, 2.05) is 6.07 Å². The van der Waals surface area contributed by atoms with Crippen molar-refractivity contribution >= 4 is 23.3 Å². The topological polar surface area (TPSA) is 113 Å². The minimum atomic E-state index is -1.01. The first-order valence-electron chi connectivity index (χ1n) is 8.34. The Balaban J connectivity index is 1.63. The summed E-state index contributed by atoms with van der Waals surface area (Å²) in [7, 11) is 0. The van der Waals surface area contributed by atoms with Crippen molar-refractivity contribution in [3.63, 3.8) is 0 Å². The molecule has 1 aliphatic heterocycles. The van der Waals surface area contributed by atoms with Crippen LogP contribution in [-0.2, 0) is 21.0 Å². The summed E-state index contributed by atoms with van der Waals surface area (Å²) in [6.45, 7) is 0.453. The number of anilines is 1. The van der Waals surface area contributed by atoms with E-state index in [2.05, 4.69) is 6.07 Å². The number of nitrogens with zero attached hydrogens (tertiary/aromatic N) is 2. The number of benzene rings is 2. The zero-order valence-corrected chi connectivity index (χ0v) is 14.4. The first kappa shape index (κ1) is 18.1. The molecule has 7 heteroatoms. The highest BCUT2D eigenvalue weighted by Gasteiger charge is 2.36. The Labute approximate surface area is 155 Å². The van der Waals surface area contributed by atoms with Gasteiger partial charge in [0.25, 0.3) is 5.91 Å². The van der Waals surface area contributed by atoms with Gasteiger partial charge in [-0.15, -0.1) is 0 Å². The Morgan fingerprint density at radius 3 is 2.63 bits per heavy atom. The molecule has 0 aliphatic carbocycles. The molecule has 27 heavy (non-hydrogen) atoms. The predicted molar refractivity (Wildman–Crippen MR) is 96.6 cm³/mol. The minimum Gasteiger partial charge on any atom is -0.489 e. The molecule has 0 aromatic heterocycles. The Morgan fingerprint density at radius 1 is 1.22 bits per heavy atom. The van der Waals surface area contributed by atoms with Gasteiger partial charge in [-0.2, -0.15) is 5.26 Å². The van der Waals surface area contributed by atoms with Gasteiger partial charge in [-0.25, -0.2) is 0 Å². The summed E-state index contributed by atoms with van der Waals surface area (Å²) in [6, 6.07) is 16.1. The maximum absolute atomic E-state index is 12.1. The smallest absolute Gasteiger partial charge is 0.285 e. The number of hydrogen-bond donors (Lipinski definition) is 1. The summed E-state index contributed by atoms with van der Waals surface area (Å²) in [5, 5.41) is 8.92. The number of hydrogen-bond acceptors (Lipinski definition) is 5. The lowest BCUT2D eigenvalue weighted by Gasteiger charge is -2.17. The Hall–Kier alpha value is -3.66. The zero-order chi connectivity index (χ0) is 19.4. The van der Waals surface area contributed by atoms with Crippen LogP contribution >= 0.6 is 0 Å². The summed E-state index contributed by atoms with van der Waals surface area (Å²) in [5.74, 6) is -2.04. The molecule has 1 atom stereocenters. The highest BCUT2D eigenvalue weighted by molar-refractivity contribution is 6.37. The van der Waals surface area contributed by atoms with Crippen LogP contribution < -0.4 is 15.4 Å². The summed E-state index contributed by atoms with van der Waals surface area (Å²) in [5.41, 5.74) is 7.08. The fourth-order valence-corrected chi connectivity index (χ4v) is 2.95. The van der Waals surface area contributed by atoms with E-state index >= 15 is 0 Å². The van der Waals surface area contributed by atoms with Crippen LogP contribution in [0.3, 0.4) is 0 Å². The first-order chi connectivity index (χ1) is 13.0. The molecule has 0 saturated carbocycles. The molecule has 1 unspecified atom stereocenters. The highest BCUT2D eigenvalue weighted by atomic mass is 16.5. The molecule has 1 saturated heterocycles. The average Bonchev–Trinajstić information content (AvgIpc) is 3.07. The fraction of sp³-hybridized carbons (Fsp3) is 0.200. The van der Waals surface area contributed by atoms with Crippen LogP contribution in [0.1, 0.15) is 17.5 Å². The molecule has 136 valence electrons. The molecule has 2 N–H and O–H groups in total. The van der Waals surface area contributed by atoms with Gasteiger partial charge in [0, 0.05) is 18.7 Å². The molecular formula is C20H17N3O4. The molecule has 2 amide bonds. The summed E-state index contributed by atoms with van der Waals surface area (Å²) in [4.78, 5) is 36.3. The lowest BCUT2D eigenvalue weighted by molar-refractivity contribution is -0.138. The largest absolute Gasteiger partial charge is 0.489 e. The quantitative estimate of drug-likeness (QED) is 0.782. The standard InChI is InChI=1S/C20H17N3O4/c21-10-13-2-1-3-14(8-13)12-27-17-6-4-16(5-7-17)23-11-15(9-18(23)24)19(25)20(22)26/h1-8,15H,9,11-12H2,(H2,22,26). The van der Waals surface area contributed by atoms with E-state index in [1.165, 1.54) is 4.90 Å². The van der Waals surface area contributed by atoms with E-state index in [1.54, 1.807) is 42.5 Å².